The number of carbonyl (C=O) groups is 1. The zero-order chi connectivity index (χ0) is 13.7. The van der Waals surface area contributed by atoms with E-state index in [1.807, 2.05) is 0 Å². The molecular weight excluding hydrogens is 236 g/mol. The first-order valence-electron chi connectivity index (χ1n) is 8.16. The normalized spacial score (nSPS) is 26.9. The minimum Gasteiger partial charge on any atom is -0.342 e. The zero-order valence-electron chi connectivity index (χ0n) is 12.7. The van der Waals surface area contributed by atoms with Gasteiger partial charge < -0.3 is 10.2 Å². The third-order valence-electron chi connectivity index (χ3n) is 5.02. The summed E-state index contributed by atoms with van der Waals surface area (Å²) >= 11 is 0. The van der Waals surface area contributed by atoms with Gasteiger partial charge in [0.2, 0.25) is 5.91 Å². The molecule has 110 valence electrons. The number of nitrogens with zero attached hydrogens (tertiary/aromatic N) is 1. The summed E-state index contributed by atoms with van der Waals surface area (Å²) in [7, 11) is 0. The van der Waals surface area contributed by atoms with Crippen molar-refractivity contribution < 1.29 is 4.79 Å². The first kappa shape index (κ1) is 14.8. The van der Waals surface area contributed by atoms with Gasteiger partial charge in [-0.15, -0.1) is 0 Å². The van der Waals surface area contributed by atoms with Gasteiger partial charge in [0, 0.05) is 18.5 Å². The van der Waals surface area contributed by atoms with Crippen LogP contribution in [0.4, 0.5) is 0 Å². The third-order valence-corrected chi connectivity index (χ3v) is 5.02. The van der Waals surface area contributed by atoms with Gasteiger partial charge >= 0.3 is 0 Å². The Bertz CT molecular complexity index is 291. The summed E-state index contributed by atoms with van der Waals surface area (Å²) in [6.45, 7) is 8.37. The van der Waals surface area contributed by atoms with Crippen LogP contribution in [0.3, 0.4) is 0 Å². The molecule has 1 heterocycles. The monoisotopic (exact) mass is 266 g/mol. The highest BCUT2D eigenvalue weighted by molar-refractivity contribution is 5.82. The second-order valence-corrected chi connectivity index (χ2v) is 6.68. The maximum atomic E-state index is 12.8. The molecule has 3 nitrogen and oxygen atoms in total. The van der Waals surface area contributed by atoms with E-state index < -0.39 is 0 Å². The van der Waals surface area contributed by atoms with Crippen molar-refractivity contribution in [3.05, 3.63) is 0 Å². The Labute approximate surface area is 118 Å². The number of nitrogens with one attached hydrogen (secondary N) is 1. The van der Waals surface area contributed by atoms with Crippen LogP contribution >= 0.6 is 0 Å². The lowest BCUT2D eigenvalue weighted by atomic mass is 9.74. The van der Waals surface area contributed by atoms with Crippen molar-refractivity contribution in [1.29, 1.82) is 0 Å². The molecule has 1 atom stereocenters. The Morgan fingerprint density at radius 3 is 2.58 bits per heavy atom. The second-order valence-electron chi connectivity index (χ2n) is 6.68. The highest BCUT2D eigenvalue weighted by Crippen LogP contribution is 2.37. The van der Waals surface area contributed by atoms with Crippen LogP contribution in [-0.2, 0) is 4.79 Å². The average molecular weight is 266 g/mol. The van der Waals surface area contributed by atoms with Gasteiger partial charge in [-0.05, 0) is 51.6 Å². The van der Waals surface area contributed by atoms with Crippen molar-refractivity contribution in [1.82, 2.24) is 10.2 Å². The zero-order valence-corrected chi connectivity index (χ0v) is 12.7. The van der Waals surface area contributed by atoms with Crippen molar-refractivity contribution in [3.8, 4) is 0 Å². The van der Waals surface area contributed by atoms with Crippen molar-refractivity contribution >= 4 is 5.91 Å². The molecule has 0 spiro atoms. The van der Waals surface area contributed by atoms with E-state index in [1.54, 1.807) is 0 Å². The molecule has 0 aromatic carbocycles. The molecule has 3 heteroatoms. The molecule has 19 heavy (non-hydrogen) atoms. The minimum atomic E-state index is -0.0731. The smallest absolute Gasteiger partial charge is 0.228 e. The minimum absolute atomic E-state index is 0.0731. The molecule has 0 bridgehead atoms. The summed E-state index contributed by atoms with van der Waals surface area (Å²) in [5, 5.41) is 3.45. The molecular formula is C16H30N2O. The van der Waals surface area contributed by atoms with Gasteiger partial charge in [0.25, 0.3) is 0 Å². The van der Waals surface area contributed by atoms with E-state index in [0.717, 1.165) is 39.0 Å². The predicted octanol–water partition coefficient (Wildman–Crippen LogP) is 2.80. The fourth-order valence-electron chi connectivity index (χ4n) is 3.67. The van der Waals surface area contributed by atoms with Crippen LogP contribution in [0.25, 0.3) is 0 Å². The maximum Gasteiger partial charge on any atom is 0.228 e. The van der Waals surface area contributed by atoms with Crippen molar-refractivity contribution in [2.24, 2.45) is 11.3 Å². The quantitative estimate of drug-likeness (QED) is 0.848. The van der Waals surface area contributed by atoms with Gasteiger partial charge in [0.15, 0.2) is 0 Å². The van der Waals surface area contributed by atoms with Crippen molar-refractivity contribution in [2.75, 3.05) is 26.2 Å². The Morgan fingerprint density at radius 2 is 2.00 bits per heavy atom. The second kappa shape index (κ2) is 6.74. The molecule has 1 aliphatic carbocycles. The van der Waals surface area contributed by atoms with Crippen LogP contribution in [0.2, 0.25) is 0 Å². The van der Waals surface area contributed by atoms with Gasteiger partial charge in [0.05, 0.1) is 0 Å². The molecule has 2 aliphatic rings. The van der Waals surface area contributed by atoms with E-state index in [1.165, 1.54) is 32.1 Å². The largest absolute Gasteiger partial charge is 0.342 e. The van der Waals surface area contributed by atoms with Gasteiger partial charge in [-0.3, -0.25) is 4.79 Å². The van der Waals surface area contributed by atoms with Crippen molar-refractivity contribution in [3.63, 3.8) is 0 Å². The maximum absolute atomic E-state index is 12.8. The van der Waals surface area contributed by atoms with Gasteiger partial charge in [-0.1, -0.05) is 26.2 Å². The standard InChI is InChI=1S/C16H30N2O/c1-3-18(13-14-8-7-11-17-12-14)15(19)16(2)9-5-4-6-10-16/h14,17H,3-13H2,1-2H3. The van der Waals surface area contributed by atoms with E-state index >= 15 is 0 Å². The molecule has 1 N–H and O–H groups in total. The lowest BCUT2D eigenvalue weighted by Crippen LogP contribution is -2.47. The molecule has 1 saturated heterocycles. The number of rotatable bonds is 4. The fourth-order valence-corrected chi connectivity index (χ4v) is 3.67. The molecule has 2 fully saturated rings. The Kier molecular flexibility index (Phi) is 5.26. The summed E-state index contributed by atoms with van der Waals surface area (Å²) in [5.41, 5.74) is -0.0731. The van der Waals surface area contributed by atoms with E-state index in [9.17, 15) is 4.79 Å². The Balaban J connectivity index is 1.93. The first-order valence-corrected chi connectivity index (χ1v) is 8.16. The summed E-state index contributed by atoms with van der Waals surface area (Å²) in [6, 6.07) is 0. The van der Waals surface area contributed by atoms with Crippen LogP contribution in [0.5, 0.6) is 0 Å². The molecule has 1 amide bonds. The molecule has 0 aromatic rings. The summed E-state index contributed by atoms with van der Waals surface area (Å²) < 4.78 is 0. The number of amides is 1. The number of piperidine rings is 1. The molecule has 1 saturated carbocycles. The number of carbonyl (C=O) groups excluding carboxylic acids is 1. The molecule has 1 aliphatic heterocycles. The van der Waals surface area contributed by atoms with Crippen LogP contribution < -0.4 is 5.32 Å². The van der Waals surface area contributed by atoms with Gasteiger partial charge in [-0.2, -0.15) is 0 Å². The summed E-state index contributed by atoms with van der Waals surface area (Å²) in [6.07, 6.45) is 8.47. The highest BCUT2D eigenvalue weighted by Gasteiger charge is 2.37. The number of hydrogen-bond donors (Lipinski definition) is 1. The topological polar surface area (TPSA) is 32.3 Å². The number of hydrogen-bond acceptors (Lipinski definition) is 2. The average Bonchev–Trinajstić information content (AvgIpc) is 2.46. The van der Waals surface area contributed by atoms with Crippen LogP contribution in [-0.4, -0.2) is 37.0 Å². The van der Waals surface area contributed by atoms with Crippen LogP contribution in [0.15, 0.2) is 0 Å². The molecule has 0 radical (unpaired) electrons. The van der Waals surface area contributed by atoms with Crippen LogP contribution in [0, 0.1) is 11.3 Å². The van der Waals surface area contributed by atoms with Gasteiger partial charge in [-0.25, -0.2) is 0 Å². The van der Waals surface area contributed by atoms with Crippen LogP contribution in [0.1, 0.15) is 58.8 Å². The summed E-state index contributed by atoms with van der Waals surface area (Å²) in [4.78, 5) is 15.0. The Hall–Kier alpha value is -0.570. The first-order chi connectivity index (χ1) is 9.15. The van der Waals surface area contributed by atoms with E-state index in [4.69, 9.17) is 0 Å². The summed E-state index contributed by atoms with van der Waals surface area (Å²) in [5.74, 6) is 1.07. The predicted molar refractivity (Wildman–Crippen MR) is 79.0 cm³/mol. The van der Waals surface area contributed by atoms with Crippen molar-refractivity contribution in [2.45, 2.75) is 58.8 Å². The molecule has 2 rings (SSSR count). The lowest BCUT2D eigenvalue weighted by Gasteiger charge is -2.38. The third kappa shape index (κ3) is 3.71. The molecule has 0 aromatic heterocycles. The van der Waals surface area contributed by atoms with E-state index in [2.05, 4.69) is 24.1 Å². The van der Waals surface area contributed by atoms with E-state index in [0.29, 0.717) is 11.8 Å². The van der Waals surface area contributed by atoms with Gasteiger partial charge in [0.1, 0.15) is 0 Å². The van der Waals surface area contributed by atoms with E-state index in [-0.39, 0.29) is 5.41 Å². The highest BCUT2D eigenvalue weighted by atomic mass is 16.2. The Morgan fingerprint density at radius 1 is 1.26 bits per heavy atom. The fraction of sp³-hybridized carbons (Fsp3) is 0.938. The SMILES string of the molecule is CCN(CC1CCCNC1)C(=O)C1(C)CCCCC1. The molecule has 1 unspecified atom stereocenters. The lowest BCUT2D eigenvalue weighted by molar-refractivity contribution is -0.143.